The maximum atomic E-state index is 11.6. The highest BCUT2D eigenvalue weighted by Crippen LogP contribution is 2.24. The minimum Gasteiger partial charge on any atom is -0.250 e. The predicted octanol–water partition coefficient (Wildman–Crippen LogP) is 2.17. The van der Waals surface area contributed by atoms with Crippen molar-refractivity contribution in [1.29, 1.82) is 0 Å². The first kappa shape index (κ1) is 13.8. The lowest BCUT2D eigenvalue weighted by Gasteiger charge is -2.11. The number of aromatic nitrogens is 2. The van der Waals surface area contributed by atoms with Crippen LogP contribution in [0.3, 0.4) is 0 Å². The van der Waals surface area contributed by atoms with E-state index in [1.54, 1.807) is 0 Å². The van der Waals surface area contributed by atoms with Crippen molar-refractivity contribution in [3.05, 3.63) is 36.4 Å². The Bertz CT molecular complexity index is 662. The van der Waals surface area contributed by atoms with Crippen LogP contribution >= 0.6 is 0 Å². The molecule has 1 aromatic heterocycles. The van der Waals surface area contributed by atoms with Gasteiger partial charge in [-0.3, -0.25) is 0 Å². The van der Waals surface area contributed by atoms with Gasteiger partial charge in [-0.2, -0.15) is 5.10 Å². The van der Waals surface area contributed by atoms with Gasteiger partial charge >= 0.3 is 0 Å². The Balaban J connectivity index is 2.59. The predicted molar refractivity (Wildman–Crippen MR) is 74.0 cm³/mol. The third kappa shape index (κ3) is 2.85. The van der Waals surface area contributed by atoms with Crippen LogP contribution in [0, 0.1) is 0 Å². The molecule has 0 aliphatic carbocycles. The van der Waals surface area contributed by atoms with Gasteiger partial charge in [-0.25, -0.2) is 18.2 Å². The van der Waals surface area contributed by atoms with Crippen molar-refractivity contribution < 1.29 is 8.42 Å². The molecule has 0 radical (unpaired) electrons. The van der Waals surface area contributed by atoms with Gasteiger partial charge in [0.05, 0.1) is 11.7 Å². The average Bonchev–Trinajstić information content (AvgIpc) is 2.84. The van der Waals surface area contributed by atoms with Gasteiger partial charge < -0.3 is 0 Å². The first-order valence-electron chi connectivity index (χ1n) is 6.11. The van der Waals surface area contributed by atoms with Crippen molar-refractivity contribution in [2.24, 2.45) is 5.14 Å². The topological polar surface area (TPSA) is 78.0 Å². The Kier molecular flexibility index (Phi) is 3.73. The van der Waals surface area contributed by atoms with Crippen LogP contribution in [-0.4, -0.2) is 18.2 Å². The lowest BCUT2D eigenvalue weighted by Crippen LogP contribution is -2.19. The Morgan fingerprint density at radius 3 is 2.47 bits per heavy atom. The van der Waals surface area contributed by atoms with E-state index in [9.17, 15) is 8.42 Å². The number of primary sulfonamides is 1. The zero-order chi connectivity index (χ0) is 14.0. The molecule has 0 aliphatic rings. The lowest BCUT2D eigenvalue weighted by molar-refractivity contribution is 0.438. The summed E-state index contributed by atoms with van der Waals surface area (Å²) in [7, 11) is -3.78. The molecule has 0 bridgehead atoms. The molecular formula is C13H17N3O2S. The second kappa shape index (κ2) is 5.14. The van der Waals surface area contributed by atoms with Gasteiger partial charge in [-0.05, 0) is 13.3 Å². The number of hydrogen-bond acceptors (Lipinski definition) is 3. The van der Waals surface area contributed by atoms with Gasteiger partial charge in [0.15, 0.2) is 5.03 Å². The fraction of sp³-hybridized carbons (Fsp3) is 0.308. The fourth-order valence-corrected chi connectivity index (χ4v) is 2.59. The van der Waals surface area contributed by atoms with Crippen LogP contribution in [0.2, 0.25) is 0 Å². The second-order valence-corrected chi connectivity index (χ2v) is 5.99. The zero-order valence-corrected chi connectivity index (χ0v) is 11.8. The second-order valence-electron chi connectivity index (χ2n) is 4.48. The highest BCUT2D eigenvalue weighted by Gasteiger charge is 2.20. The largest absolute Gasteiger partial charge is 0.255 e. The van der Waals surface area contributed by atoms with Crippen LogP contribution in [-0.2, 0) is 10.0 Å². The highest BCUT2D eigenvalue weighted by molar-refractivity contribution is 7.89. The number of nitrogens with two attached hydrogens (primary N) is 1. The standard InChI is InChI=1S/C13H17N3O2S/c1-3-10(2)16-13(19(14,17)18)9-12(15-16)11-7-5-4-6-8-11/h4-10H,3H2,1-2H3,(H2,14,17,18). The average molecular weight is 279 g/mol. The molecule has 102 valence electrons. The molecule has 19 heavy (non-hydrogen) atoms. The molecule has 0 saturated heterocycles. The molecule has 5 nitrogen and oxygen atoms in total. The molecule has 1 heterocycles. The maximum absolute atomic E-state index is 11.6. The SMILES string of the molecule is CCC(C)n1nc(-c2ccccc2)cc1S(N)(=O)=O. The molecule has 0 amide bonds. The van der Waals surface area contributed by atoms with E-state index in [2.05, 4.69) is 5.10 Å². The van der Waals surface area contributed by atoms with Crippen molar-refractivity contribution in [3.63, 3.8) is 0 Å². The van der Waals surface area contributed by atoms with Gasteiger partial charge in [0.1, 0.15) is 0 Å². The Morgan fingerprint density at radius 1 is 1.32 bits per heavy atom. The summed E-state index contributed by atoms with van der Waals surface area (Å²) in [5, 5.41) is 9.68. The van der Waals surface area contributed by atoms with Crippen LogP contribution in [0.5, 0.6) is 0 Å². The van der Waals surface area contributed by atoms with E-state index in [4.69, 9.17) is 5.14 Å². The molecule has 0 saturated carbocycles. The normalized spacial score (nSPS) is 13.4. The van der Waals surface area contributed by atoms with Crippen molar-refractivity contribution in [3.8, 4) is 11.3 Å². The first-order chi connectivity index (χ1) is 8.93. The van der Waals surface area contributed by atoms with E-state index in [1.165, 1.54) is 10.7 Å². The van der Waals surface area contributed by atoms with E-state index in [1.807, 2.05) is 44.2 Å². The van der Waals surface area contributed by atoms with Crippen LogP contribution in [0.15, 0.2) is 41.4 Å². The number of benzene rings is 1. The summed E-state index contributed by atoms with van der Waals surface area (Å²) in [6.07, 6.45) is 0.776. The number of nitrogens with zero attached hydrogens (tertiary/aromatic N) is 2. The lowest BCUT2D eigenvalue weighted by atomic mass is 10.2. The van der Waals surface area contributed by atoms with Gasteiger partial charge in [0, 0.05) is 11.6 Å². The minimum atomic E-state index is -3.78. The molecule has 0 spiro atoms. The smallest absolute Gasteiger partial charge is 0.250 e. The van der Waals surface area contributed by atoms with Crippen LogP contribution in [0.25, 0.3) is 11.3 Å². The molecule has 2 aromatic rings. The fourth-order valence-electron chi connectivity index (χ4n) is 1.83. The Hall–Kier alpha value is -1.66. The Morgan fingerprint density at radius 2 is 1.95 bits per heavy atom. The minimum absolute atomic E-state index is 0.0224. The quantitative estimate of drug-likeness (QED) is 0.931. The maximum Gasteiger partial charge on any atom is 0.255 e. The van der Waals surface area contributed by atoms with Gasteiger partial charge in [0.25, 0.3) is 10.0 Å². The monoisotopic (exact) mass is 279 g/mol. The van der Waals surface area contributed by atoms with Crippen LogP contribution in [0.4, 0.5) is 0 Å². The van der Waals surface area contributed by atoms with E-state index < -0.39 is 10.0 Å². The summed E-state index contributed by atoms with van der Waals surface area (Å²) in [6, 6.07) is 10.9. The Labute approximate surface area is 113 Å². The molecule has 6 heteroatoms. The number of sulfonamides is 1. The van der Waals surface area contributed by atoms with Gasteiger partial charge in [0.2, 0.25) is 0 Å². The van der Waals surface area contributed by atoms with Crippen molar-refractivity contribution >= 4 is 10.0 Å². The van der Waals surface area contributed by atoms with Crippen LogP contribution < -0.4 is 5.14 Å². The molecule has 1 aromatic carbocycles. The summed E-state index contributed by atoms with van der Waals surface area (Å²) >= 11 is 0. The summed E-state index contributed by atoms with van der Waals surface area (Å²) in [6.45, 7) is 3.89. The third-order valence-electron chi connectivity index (χ3n) is 3.07. The van der Waals surface area contributed by atoms with Crippen LogP contribution in [0.1, 0.15) is 26.3 Å². The van der Waals surface area contributed by atoms with Crippen molar-refractivity contribution in [1.82, 2.24) is 9.78 Å². The van der Waals surface area contributed by atoms with E-state index >= 15 is 0 Å². The first-order valence-corrected chi connectivity index (χ1v) is 7.66. The molecular weight excluding hydrogens is 262 g/mol. The third-order valence-corrected chi connectivity index (χ3v) is 3.96. The van der Waals surface area contributed by atoms with E-state index in [0.717, 1.165) is 12.0 Å². The molecule has 1 atom stereocenters. The van der Waals surface area contributed by atoms with Crippen molar-refractivity contribution in [2.45, 2.75) is 31.3 Å². The van der Waals surface area contributed by atoms with Crippen molar-refractivity contribution in [2.75, 3.05) is 0 Å². The highest BCUT2D eigenvalue weighted by atomic mass is 32.2. The van der Waals surface area contributed by atoms with E-state index in [0.29, 0.717) is 5.69 Å². The summed E-state index contributed by atoms with van der Waals surface area (Å²) < 4.78 is 24.8. The summed E-state index contributed by atoms with van der Waals surface area (Å²) in [4.78, 5) is 0. The molecule has 0 fully saturated rings. The molecule has 2 N–H and O–H groups in total. The number of rotatable bonds is 4. The molecule has 1 unspecified atom stereocenters. The summed E-state index contributed by atoms with van der Waals surface area (Å²) in [5.41, 5.74) is 1.49. The summed E-state index contributed by atoms with van der Waals surface area (Å²) in [5.74, 6) is 0. The zero-order valence-electron chi connectivity index (χ0n) is 10.9. The molecule has 0 aliphatic heterocycles. The number of hydrogen-bond donors (Lipinski definition) is 1. The molecule has 2 rings (SSSR count). The van der Waals surface area contributed by atoms with Gasteiger partial charge in [-0.15, -0.1) is 0 Å². The van der Waals surface area contributed by atoms with Gasteiger partial charge in [-0.1, -0.05) is 37.3 Å². The van der Waals surface area contributed by atoms with E-state index in [-0.39, 0.29) is 11.1 Å².